The first-order chi connectivity index (χ1) is 14.3. The van der Waals surface area contributed by atoms with Crippen LogP contribution in [-0.2, 0) is 21.5 Å². The Morgan fingerprint density at radius 2 is 1.59 bits per heavy atom. The topological polar surface area (TPSA) is 53.2 Å². The average Bonchev–Trinajstić information content (AvgIpc) is 3.29. The van der Waals surface area contributed by atoms with Crippen molar-refractivity contribution in [3.8, 4) is 0 Å². The number of benzene rings is 3. The average molecular weight is 380 g/mol. The standard InChI is InChI=1S/C25H20N2O2/c28-15-14-25(21-16-26-22-12-6-4-10-19(21)22)20-11-5-7-13-23(20)27(24(25)29)17-18-8-2-1-3-9-18/h1-13,15-16,26H,14,17H2/t25-/m1/s1. The summed E-state index contributed by atoms with van der Waals surface area (Å²) in [6.45, 7) is 0.472. The molecular formula is C25H20N2O2. The third-order valence-electron chi connectivity index (χ3n) is 5.89. The fourth-order valence-corrected chi connectivity index (χ4v) is 4.56. The Labute approximate surface area is 168 Å². The molecule has 4 nitrogen and oxygen atoms in total. The van der Waals surface area contributed by atoms with Gasteiger partial charge in [0, 0.05) is 29.2 Å². The molecule has 1 amide bonds. The molecule has 0 bridgehead atoms. The van der Waals surface area contributed by atoms with Gasteiger partial charge in [-0.25, -0.2) is 0 Å². The normalized spacial score (nSPS) is 18.2. The minimum absolute atomic E-state index is 0.0561. The molecule has 1 aliphatic rings. The van der Waals surface area contributed by atoms with Crippen LogP contribution in [0.1, 0.15) is 23.1 Å². The van der Waals surface area contributed by atoms with E-state index in [0.29, 0.717) is 6.54 Å². The van der Waals surface area contributed by atoms with Crippen LogP contribution < -0.4 is 4.90 Å². The van der Waals surface area contributed by atoms with Gasteiger partial charge in [0.25, 0.3) is 0 Å². The molecule has 5 rings (SSSR count). The lowest BCUT2D eigenvalue weighted by Crippen LogP contribution is -2.41. The lowest BCUT2D eigenvalue weighted by Gasteiger charge is -2.27. The first kappa shape index (κ1) is 17.4. The number of H-pyrrole nitrogens is 1. The Bertz CT molecular complexity index is 1210. The van der Waals surface area contributed by atoms with Gasteiger partial charge in [0.1, 0.15) is 11.7 Å². The summed E-state index contributed by atoms with van der Waals surface area (Å²) in [4.78, 5) is 30.9. The van der Waals surface area contributed by atoms with Crippen LogP contribution in [0.5, 0.6) is 0 Å². The van der Waals surface area contributed by atoms with Crippen molar-refractivity contribution in [1.29, 1.82) is 0 Å². The number of carbonyl (C=O) groups excluding carboxylic acids is 2. The van der Waals surface area contributed by atoms with Crippen molar-refractivity contribution >= 4 is 28.8 Å². The van der Waals surface area contributed by atoms with Crippen molar-refractivity contribution in [2.45, 2.75) is 18.4 Å². The number of nitrogens with one attached hydrogen (secondary N) is 1. The number of aldehydes is 1. The third kappa shape index (κ3) is 2.53. The first-order valence-corrected chi connectivity index (χ1v) is 9.71. The number of anilines is 1. The Balaban J connectivity index is 1.73. The molecule has 29 heavy (non-hydrogen) atoms. The molecule has 3 aromatic carbocycles. The van der Waals surface area contributed by atoms with Crippen LogP contribution in [0.25, 0.3) is 10.9 Å². The van der Waals surface area contributed by atoms with E-state index in [1.54, 1.807) is 0 Å². The van der Waals surface area contributed by atoms with Crippen LogP contribution in [-0.4, -0.2) is 17.2 Å². The molecule has 0 saturated carbocycles. The zero-order chi connectivity index (χ0) is 19.8. The zero-order valence-electron chi connectivity index (χ0n) is 15.8. The molecular weight excluding hydrogens is 360 g/mol. The monoisotopic (exact) mass is 380 g/mol. The number of para-hydroxylation sites is 2. The zero-order valence-corrected chi connectivity index (χ0v) is 15.8. The van der Waals surface area contributed by atoms with E-state index >= 15 is 0 Å². The summed E-state index contributed by atoms with van der Waals surface area (Å²) in [6, 6.07) is 25.7. The smallest absolute Gasteiger partial charge is 0.243 e. The molecule has 1 atom stereocenters. The van der Waals surface area contributed by atoms with E-state index in [1.165, 1.54) is 0 Å². The van der Waals surface area contributed by atoms with E-state index in [2.05, 4.69) is 4.98 Å². The predicted octanol–water partition coefficient (Wildman–Crippen LogP) is 4.59. The van der Waals surface area contributed by atoms with Gasteiger partial charge in [0.05, 0.1) is 6.54 Å². The van der Waals surface area contributed by atoms with Gasteiger partial charge in [-0.05, 0) is 28.8 Å². The first-order valence-electron chi connectivity index (χ1n) is 9.71. The van der Waals surface area contributed by atoms with Gasteiger partial charge in [0.2, 0.25) is 5.91 Å². The van der Waals surface area contributed by atoms with Crippen molar-refractivity contribution in [2.75, 3.05) is 4.90 Å². The van der Waals surface area contributed by atoms with Crippen LogP contribution in [0, 0.1) is 0 Å². The number of hydrogen-bond acceptors (Lipinski definition) is 2. The summed E-state index contributed by atoms with van der Waals surface area (Å²) in [5.41, 5.74) is 3.60. The number of amides is 1. The quantitative estimate of drug-likeness (QED) is 0.515. The van der Waals surface area contributed by atoms with Crippen molar-refractivity contribution < 1.29 is 9.59 Å². The molecule has 0 unspecified atom stereocenters. The van der Waals surface area contributed by atoms with E-state index in [1.807, 2.05) is 90.0 Å². The van der Waals surface area contributed by atoms with Gasteiger partial charge in [-0.15, -0.1) is 0 Å². The largest absolute Gasteiger partial charge is 0.361 e. The summed E-state index contributed by atoms with van der Waals surface area (Å²) in [6.07, 6.45) is 2.85. The van der Waals surface area contributed by atoms with Crippen LogP contribution in [0.4, 0.5) is 5.69 Å². The molecule has 0 radical (unpaired) electrons. The van der Waals surface area contributed by atoms with E-state index in [4.69, 9.17) is 0 Å². The van der Waals surface area contributed by atoms with Gasteiger partial charge in [-0.1, -0.05) is 66.7 Å². The molecule has 2 heterocycles. The predicted molar refractivity (Wildman–Crippen MR) is 114 cm³/mol. The summed E-state index contributed by atoms with van der Waals surface area (Å²) >= 11 is 0. The van der Waals surface area contributed by atoms with Crippen molar-refractivity contribution in [1.82, 2.24) is 4.98 Å². The van der Waals surface area contributed by atoms with Gasteiger partial charge < -0.3 is 14.7 Å². The van der Waals surface area contributed by atoms with E-state index in [-0.39, 0.29) is 12.3 Å². The Morgan fingerprint density at radius 3 is 2.41 bits per heavy atom. The Kier molecular flexibility index (Phi) is 4.06. The fourth-order valence-electron chi connectivity index (χ4n) is 4.56. The second kappa shape index (κ2) is 6.74. The molecule has 0 aliphatic carbocycles. The molecule has 4 aromatic rings. The summed E-state index contributed by atoms with van der Waals surface area (Å²) in [5, 5.41) is 0.971. The Morgan fingerprint density at radius 1 is 0.862 bits per heavy atom. The highest BCUT2D eigenvalue weighted by atomic mass is 16.2. The molecule has 1 aliphatic heterocycles. The van der Waals surface area contributed by atoms with Gasteiger partial charge >= 0.3 is 0 Å². The maximum atomic E-state index is 14.0. The van der Waals surface area contributed by atoms with E-state index in [0.717, 1.165) is 39.6 Å². The second-order valence-corrected chi connectivity index (χ2v) is 7.42. The van der Waals surface area contributed by atoms with E-state index in [9.17, 15) is 9.59 Å². The van der Waals surface area contributed by atoms with Crippen molar-refractivity contribution in [3.05, 3.63) is 102 Å². The third-order valence-corrected chi connectivity index (χ3v) is 5.89. The maximum absolute atomic E-state index is 14.0. The van der Waals surface area contributed by atoms with Crippen molar-refractivity contribution in [2.24, 2.45) is 0 Å². The molecule has 4 heteroatoms. The highest BCUT2D eigenvalue weighted by molar-refractivity contribution is 6.13. The highest BCUT2D eigenvalue weighted by Gasteiger charge is 2.52. The molecule has 1 N–H and O–H groups in total. The van der Waals surface area contributed by atoms with Crippen molar-refractivity contribution in [3.63, 3.8) is 0 Å². The lowest BCUT2D eigenvalue weighted by atomic mass is 9.73. The number of aromatic nitrogens is 1. The van der Waals surface area contributed by atoms with E-state index < -0.39 is 5.41 Å². The fraction of sp³-hybridized carbons (Fsp3) is 0.120. The maximum Gasteiger partial charge on any atom is 0.243 e. The molecule has 142 valence electrons. The minimum Gasteiger partial charge on any atom is -0.361 e. The summed E-state index contributed by atoms with van der Waals surface area (Å²) < 4.78 is 0. The SMILES string of the molecule is O=CC[C@@]1(c2c[nH]c3ccccc23)C(=O)N(Cc2ccccc2)c2ccccc21. The van der Waals surface area contributed by atoms with Gasteiger partial charge in [0.15, 0.2) is 0 Å². The number of fused-ring (bicyclic) bond motifs is 2. The lowest BCUT2D eigenvalue weighted by molar-refractivity contribution is -0.124. The molecule has 1 aromatic heterocycles. The summed E-state index contributed by atoms with van der Waals surface area (Å²) in [5.74, 6) is -0.0561. The van der Waals surface area contributed by atoms with Crippen LogP contribution >= 0.6 is 0 Å². The summed E-state index contributed by atoms with van der Waals surface area (Å²) in [7, 11) is 0. The number of hydrogen-bond donors (Lipinski definition) is 1. The Hall–Kier alpha value is -3.66. The number of nitrogens with zero attached hydrogens (tertiary/aromatic N) is 1. The van der Waals surface area contributed by atoms with Gasteiger partial charge in [-0.2, -0.15) is 0 Å². The number of rotatable bonds is 5. The molecule has 0 fully saturated rings. The van der Waals surface area contributed by atoms with Gasteiger partial charge in [-0.3, -0.25) is 4.79 Å². The minimum atomic E-state index is -1.02. The van der Waals surface area contributed by atoms with Crippen LogP contribution in [0.2, 0.25) is 0 Å². The highest BCUT2D eigenvalue weighted by Crippen LogP contribution is 2.50. The van der Waals surface area contributed by atoms with Crippen LogP contribution in [0.3, 0.4) is 0 Å². The second-order valence-electron chi connectivity index (χ2n) is 7.42. The number of carbonyl (C=O) groups is 2. The number of aromatic amines is 1. The molecule has 0 spiro atoms. The van der Waals surface area contributed by atoms with Crippen LogP contribution in [0.15, 0.2) is 85.1 Å². The molecule has 0 saturated heterocycles.